The van der Waals surface area contributed by atoms with E-state index in [2.05, 4.69) is 17.4 Å². The predicted molar refractivity (Wildman–Crippen MR) is 91.2 cm³/mol. The van der Waals surface area contributed by atoms with E-state index in [4.69, 9.17) is 9.47 Å². The molecule has 0 aromatic heterocycles. The van der Waals surface area contributed by atoms with Crippen molar-refractivity contribution in [3.8, 4) is 11.5 Å². The van der Waals surface area contributed by atoms with Gasteiger partial charge in [-0.05, 0) is 38.0 Å². The number of carbonyl (C=O) groups is 1. The van der Waals surface area contributed by atoms with Crippen LogP contribution < -0.4 is 14.8 Å². The van der Waals surface area contributed by atoms with Crippen molar-refractivity contribution in [3.05, 3.63) is 59.7 Å². The highest BCUT2D eigenvalue weighted by Crippen LogP contribution is 2.23. The quantitative estimate of drug-likeness (QED) is 0.888. The van der Waals surface area contributed by atoms with Crippen LogP contribution in [0.1, 0.15) is 29.8 Å². The molecule has 0 atom stereocenters. The van der Waals surface area contributed by atoms with Gasteiger partial charge < -0.3 is 14.8 Å². The first-order valence-electron chi connectivity index (χ1n) is 7.53. The Morgan fingerprint density at radius 1 is 1.00 bits per heavy atom. The molecule has 0 saturated heterocycles. The lowest BCUT2D eigenvalue weighted by atomic mass is 9.94. The molecule has 0 spiro atoms. The summed E-state index contributed by atoms with van der Waals surface area (Å²) in [6.07, 6.45) is 0.751. The van der Waals surface area contributed by atoms with Gasteiger partial charge in [0.15, 0.2) is 0 Å². The third-order valence-electron chi connectivity index (χ3n) is 3.55. The minimum Gasteiger partial charge on any atom is -0.497 e. The molecule has 0 saturated carbocycles. The third kappa shape index (κ3) is 4.74. The second-order valence-corrected chi connectivity index (χ2v) is 6.10. The van der Waals surface area contributed by atoms with Crippen LogP contribution in [0.15, 0.2) is 48.5 Å². The average Bonchev–Trinajstić information content (AvgIpc) is 2.54. The summed E-state index contributed by atoms with van der Waals surface area (Å²) >= 11 is 0. The second-order valence-electron chi connectivity index (χ2n) is 6.10. The van der Waals surface area contributed by atoms with Gasteiger partial charge in [0.1, 0.15) is 11.5 Å². The van der Waals surface area contributed by atoms with E-state index in [1.54, 1.807) is 32.4 Å². The number of nitrogens with one attached hydrogen (secondary N) is 1. The topological polar surface area (TPSA) is 47.6 Å². The predicted octanol–water partition coefficient (Wildman–Crippen LogP) is 3.45. The molecule has 1 amide bonds. The van der Waals surface area contributed by atoms with Gasteiger partial charge in [0.2, 0.25) is 0 Å². The molecule has 0 aliphatic rings. The highest BCUT2D eigenvalue weighted by Gasteiger charge is 2.22. The van der Waals surface area contributed by atoms with Crippen LogP contribution in [-0.4, -0.2) is 25.7 Å². The van der Waals surface area contributed by atoms with Gasteiger partial charge in [-0.15, -0.1) is 0 Å². The van der Waals surface area contributed by atoms with Gasteiger partial charge in [-0.25, -0.2) is 0 Å². The molecule has 23 heavy (non-hydrogen) atoms. The van der Waals surface area contributed by atoms with E-state index in [1.807, 2.05) is 32.0 Å². The SMILES string of the molecule is COc1cc(OC)cc(C(=O)NC(C)(C)Cc2ccccc2)c1. The van der Waals surface area contributed by atoms with Crippen molar-refractivity contribution in [2.75, 3.05) is 14.2 Å². The van der Waals surface area contributed by atoms with E-state index in [-0.39, 0.29) is 11.4 Å². The normalized spacial score (nSPS) is 11.0. The van der Waals surface area contributed by atoms with E-state index in [1.165, 1.54) is 5.56 Å². The first-order chi connectivity index (χ1) is 10.9. The van der Waals surface area contributed by atoms with E-state index < -0.39 is 0 Å². The highest BCUT2D eigenvalue weighted by atomic mass is 16.5. The van der Waals surface area contributed by atoms with Crippen molar-refractivity contribution in [1.82, 2.24) is 5.32 Å². The molecule has 1 N–H and O–H groups in total. The summed E-state index contributed by atoms with van der Waals surface area (Å²) in [5.41, 5.74) is 1.33. The number of carbonyl (C=O) groups excluding carboxylic acids is 1. The first-order valence-corrected chi connectivity index (χ1v) is 7.53. The first kappa shape index (κ1) is 16.9. The van der Waals surface area contributed by atoms with E-state index in [0.717, 1.165) is 6.42 Å². The maximum absolute atomic E-state index is 12.6. The van der Waals surface area contributed by atoms with Gasteiger partial charge in [-0.1, -0.05) is 30.3 Å². The summed E-state index contributed by atoms with van der Waals surface area (Å²) in [6.45, 7) is 4.02. The Labute approximate surface area is 137 Å². The second kappa shape index (κ2) is 7.18. The monoisotopic (exact) mass is 313 g/mol. The van der Waals surface area contributed by atoms with Crippen LogP contribution in [0.2, 0.25) is 0 Å². The fourth-order valence-corrected chi connectivity index (χ4v) is 2.47. The average molecular weight is 313 g/mol. The number of benzene rings is 2. The van der Waals surface area contributed by atoms with Crippen molar-refractivity contribution in [2.24, 2.45) is 0 Å². The smallest absolute Gasteiger partial charge is 0.251 e. The molecule has 0 unspecified atom stereocenters. The molecule has 2 rings (SSSR count). The molecule has 4 heteroatoms. The molecule has 2 aromatic carbocycles. The Bertz CT molecular complexity index is 643. The molecular weight excluding hydrogens is 290 g/mol. The van der Waals surface area contributed by atoms with Gasteiger partial charge in [0.05, 0.1) is 14.2 Å². The Morgan fingerprint density at radius 3 is 2.09 bits per heavy atom. The number of methoxy groups -OCH3 is 2. The van der Waals surface area contributed by atoms with Crippen LogP contribution in [0.4, 0.5) is 0 Å². The zero-order valence-corrected chi connectivity index (χ0v) is 14.1. The van der Waals surface area contributed by atoms with Gasteiger partial charge >= 0.3 is 0 Å². The van der Waals surface area contributed by atoms with Crippen molar-refractivity contribution in [3.63, 3.8) is 0 Å². The molecule has 0 heterocycles. The largest absolute Gasteiger partial charge is 0.497 e. The van der Waals surface area contributed by atoms with Crippen LogP contribution in [-0.2, 0) is 6.42 Å². The minimum absolute atomic E-state index is 0.150. The fourth-order valence-electron chi connectivity index (χ4n) is 2.47. The summed E-state index contributed by atoms with van der Waals surface area (Å²) in [6, 6.07) is 15.3. The molecule has 0 fully saturated rings. The van der Waals surface area contributed by atoms with Crippen molar-refractivity contribution in [1.29, 1.82) is 0 Å². The lowest BCUT2D eigenvalue weighted by molar-refractivity contribution is 0.0912. The lowest BCUT2D eigenvalue weighted by Gasteiger charge is -2.26. The molecule has 2 aromatic rings. The van der Waals surface area contributed by atoms with Crippen LogP contribution in [0.25, 0.3) is 0 Å². The molecule has 0 radical (unpaired) electrons. The summed E-state index contributed by atoms with van der Waals surface area (Å²) in [7, 11) is 3.13. The van der Waals surface area contributed by atoms with Gasteiger partial charge in [-0.3, -0.25) is 4.79 Å². The van der Waals surface area contributed by atoms with Crippen molar-refractivity contribution in [2.45, 2.75) is 25.8 Å². The lowest BCUT2D eigenvalue weighted by Crippen LogP contribution is -2.45. The number of rotatable bonds is 6. The van der Waals surface area contributed by atoms with Gasteiger partial charge in [0, 0.05) is 17.2 Å². The fraction of sp³-hybridized carbons (Fsp3) is 0.316. The third-order valence-corrected chi connectivity index (χ3v) is 3.55. The number of amides is 1. The molecule has 0 aliphatic carbocycles. The standard InChI is InChI=1S/C19H23NO3/c1-19(2,13-14-8-6-5-7-9-14)20-18(21)15-10-16(22-3)12-17(11-15)23-4/h5-12H,13H2,1-4H3,(H,20,21). The Hall–Kier alpha value is -2.49. The van der Waals surface area contributed by atoms with E-state index in [9.17, 15) is 4.79 Å². The van der Waals surface area contributed by atoms with E-state index >= 15 is 0 Å². The van der Waals surface area contributed by atoms with E-state index in [0.29, 0.717) is 17.1 Å². The summed E-state index contributed by atoms with van der Waals surface area (Å²) in [5, 5.41) is 3.07. The highest BCUT2D eigenvalue weighted by molar-refractivity contribution is 5.95. The van der Waals surface area contributed by atoms with Crippen LogP contribution in [0.3, 0.4) is 0 Å². The molecular formula is C19H23NO3. The zero-order chi connectivity index (χ0) is 16.9. The zero-order valence-electron chi connectivity index (χ0n) is 14.1. The molecule has 0 bridgehead atoms. The van der Waals surface area contributed by atoms with Crippen LogP contribution >= 0.6 is 0 Å². The Kier molecular flexibility index (Phi) is 5.27. The number of hydrogen-bond acceptors (Lipinski definition) is 3. The maximum Gasteiger partial charge on any atom is 0.251 e. The van der Waals surface area contributed by atoms with Crippen LogP contribution in [0, 0.1) is 0 Å². The Morgan fingerprint density at radius 2 is 1.57 bits per heavy atom. The number of ether oxygens (including phenoxy) is 2. The Balaban J connectivity index is 2.14. The molecule has 0 aliphatic heterocycles. The summed E-state index contributed by atoms with van der Waals surface area (Å²) in [4.78, 5) is 12.6. The van der Waals surface area contributed by atoms with Crippen molar-refractivity contribution < 1.29 is 14.3 Å². The number of hydrogen-bond donors (Lipinski definition) is 1. The maximum atomic E-state index is 12.6. The van der Waals surface area contributed by atoms with Gasteiger partial charge in [0.25, 0.3) is 5.91 Å². The molecule has 122 valence electrons. The van der Waals surface area contributed by atoms with Gasteiger partial charge in [-0.2, -0.15) is 0 Å². The minimum atomic E-state index is -0.366. The van der Waals surface area contributed by atoms with Crippen LogP contribution in [0.5, 0.6) is 11.5 Å². The summed E-state index contributed by atoms with van der Waals surface area (Å²) in [5.74, 6) is 1.04. The van der Waals surface area contributed by atoms with Crippen molar-refractivity contribution >= 4 is 5.91 Å². The molecule has 4 nitrogen and oxygen atoms in total. The summed E-state index contributed by atoms with van der Waals surface area (Å²) < 4.78 is 10.4.